The van der Waals surface area contributed by atoms with Gasteiger partial charge in [0.2, 0.25) is 0 Å². The van der Waals surface area contributed by atoms with Crippen LogP contribution in [0.2, 0.25) is 0 Å². The fourth-order valence-electron chi connectivity index (χ4n) is 5.58. The summed E-state index contributed by atoms with van der Waals surface area (Å²) in [6.45, 7) is 7.56. The molecule has 8 nitrogen and oxygen atoms in total. The first-order valence-electron chi connectivity index (χ1n) is 12.6. The number of methoxy groups -OCH3 is 1. The van der Waals surface area contributed by atoms with E-state index in [0.717, 1.165) is 54.6 Å². The summed E-state index contributed by atoms with van der Waals surface area (Å²) in [6.07, 6.45) is 9.74. The molecule has 1 aromatic carbocycles. The standard InChI is InChI=1S/C28H31N7O/c1-17(2)25-22-12-20(19-7-10-35(11-8-19)16-18-13-30-28(36-3)31-14-18)4-5-24(22)33-26(25)21-6-9-29-27-23(21)15-32-34-27/h4-6,9,12-15,17,19,33H,7-8,10-11,16H2,1-3H3,(H,29,32,34). The highest BCUT2D eigenvalue weighted by molar-refractivity contribution is 5.98. The lowest BCUT2D eigenvalue weighted by Crippen LogP contribution is -2.32. The number of fused-ring (bicyclic) bond motifs is 2. The van der Waals surface area contributed by atoms with Gasteiger partial charge in [0.15, 0.2) is 5.65 Å². The molecule has 36 heavy (non-hydrogen) atoms. The number of pyridine rings is 1. The van der Waals surface area contributed by atoms with Gasteiger partial charge in [0.25, 0.3) is 0 Å². The molecular weight excluding hydrogens is 450 g/mol. The predicted molar refractivity (Wildman–Crippen MR) is 141 cm³/mol. The molecule has 0 saturated carbocycles. The van der Waals surface area contributed by atoms with Crippen molar-refractivity contribution in [1.29, 1.82) is 0 Å². The van der Waals surface area contributed by atoms with E-state index in [1.165, 1.54) is 27.7 Å². The Kier molecular flexibility index (Phi) is 5.89. The largest absolute Gasteiger partial charge is 0.467 e. The van der Waals surface area contributed by atoms with Crippen molar-refractivity contribution in [2.45, 2.75) is 45.1 Å². The van der Waals surface area contributed by atoms with Gasteiger partial charge in [-0.15, -0.1) is 0 Å². The maximum Gasteiger partial charge on any atom is 0.316 e. The molecule has 1 saturated heterocycles. The monoisotopic (exact) mass is 481 g/mol. The van der Waals surface area contributed by atoms with Gasteiger partial charge < -0.3 is 9.72 Å². The van der Waals surface area contributed by atoms with Crippen LogP contribution < -0.4 is 4.74 Å². The topological polar surface area (TPSA) is 95.6 Å². The Morgan fingerprint density at radius 2 is 1.83 bits per heavy atom. The third-order valence-electron chi connectivity index (χ3n) is 7.39. The number of piperidine rings is 1. The van der Waals surface area contributed by atoms with Crippen LogP contribution in [-0.4, -0.2) is 55.2 Å². The predicted octanol–water partition coefficient (Wildman–Crippen LogP) is 5.41. The van der Waals surface area contributed by atoms with E-state index in [0.29, 0.717) is 17.8 Å². The summed E-state index contributed by atoms with van der Waals surface area (Å²) in [4.78, 5) is 19.1. The first kappa shape index (κ1) is 22.7. The average molecular weight is 482 g/mol. The van der Waals surface area contributed by atoms with Crippen LogP contribution in [0.1, 0.15) is 55.2 Å². The van der Waals surface area contributed by atoms with Crippen LogP contribution >= 0.6 is 0 Å². The zero-order chi connectivity index (χ0) is 24.6. The van der Waals surface area contributed by atoms with Crippen LogP contribution in [-0.2, 0) is 6.54 Å². The molecule has 2 N–H and O–H groups in total. The highest BCUT2D eigenvalue weighted by Gasteiger charge is 2.23. The lowest BCUT2D eigenvalue weighted by Gasteiger charge is -2.32. The van der Waals surface area contributed by atoms with E-state index in [1.807, 2.05) is 24.8 Å². The summed E-state index contributed by atoms with van der Waals surface area (Å²) < 4.78 is 5.07. The quantitative estimate of drug-likeness (QED) is 0.337. The van der Waals surface area contributed by atoms with E-state index in [2.05, 4.69) is 73.1 Å². The van der Waals surface area contributed by atoms with Gasteiger partial charge in [0.05, 0.1) is 19.0 Å². The molecule has 4 aromatic heterocycles. The van der Waals surface area contributed by atoms with Crippen molar-refractivity contribution >= 4 is 21.9 Å². The van der Waals surface area contributed by atoms with Gasteiger partial charge in [-0.2, -0.15) is 5.10 Å². The molecule has 0 amide bonds. The molecule has 1 fully saturated rings. The van der Waals surface area contributed by atoms with Crippen molar-refractivity contribution in [3.63, 3.8) is 0 Å². The molecule has 5 aromatic rings. The van der Waals surface area contributed by atoms with E-state index in [4.69, 9.17) is 4.74 Å². The van der Waals surface area contributed by atoms with E-state index in [1.54, 1.807) is 7.11 Å². The third kappa shape index (κ3) is 4.11. The summed E-state index contributed by atoms with van der Waals surface area (Å²) in [5, 5.41) is 9.58. The summed E-state index contributed by atoms with van der Waals surface area (Å²) in [5.74, 6) is 0.949. The number of aromatic nitrogens is 6. The second-order valence-electron chi connectivity index (χ2n) is 9.99. The molecule has 0 bridgehead atoms. The van der Waals surface area contributed by atoms with Gasteiger partial charge in [-0.3, -0.25) is 10.00 Å². The number of hydrogen-bond donors (Lipinski definition) is 2. The van der Waals surface area contributed by atoms with E-state index in [9.17, 15) is 0 Å². The van der Waals surface area contributed by atoms with Gasteiger partial charge in [-0.05, 0) is 67.1 Å². The number of benzene rings is 1. The second kappa shape index (κ2) is 9.35. The molecule has 0 aliphatic carbocycles. The van der Waals surface area contributed by atoms with Gasteiger partial charge in [-0.25, -0.2) is 15.0 Å². The minimum Gasteiger partial charge on any atom is -0.467 e. The molecule has 0 atom stereocenters. The number of nitrogens with zero attached hydrogens (tertiary/aromatic N) is 5. The Morgan fingerprint density at radius 3 is 2.58 bits per heavy atom. The average Bonchev–Trinajstić information content (AvgIpc) is 3.54. The first-order valence-corrected chi connectivity index (χ1v) is 12.6. The summed E-state index contributed by atoms with van der Waals surface area (Å²) in [6, 6.07) is 9.49. The fraction of sp³-hybridized carbons (Fsp3) is 0.357. The number of nitrogens with one attached hydrogen (secondary N) is 2. The molecule has 8 heteroatoms. The molecule has 184 valence electrons. The Balaban J connectivity index is 1.25. The minimum absolute atomic E-state index is 0.382. The molecule has 6 rings (SSSR count). The minimum atomic E-state index is 0.382. The number of hydrogen-bond acceptors (Lipinski definition) is 6. The summed E-state index contributed by atoms with van der Waals surface area (Å²) in [7, 11) is 1.59. The van der Waals surface area contributed by atoms with E-state index < -0.39 is 0 Å². The van der Waals surface area contributed by atoms with Crippen molar-refractivity contribution in [3.05, 3.63) is 65.7 Å². The maximum absolute atomic E-state index is 5.07. The molecule has 5 heterocycles. The lowest BCUT2D eigenvalue weighted by atomic mass is 9.87. The Hall–Kier alpha value is -3.78. The van der Waals surface area contributed by atoms with Crippen LogP contribution in [0.15, 0.2) is 49.1 Å². The van der Waals surface area contributed by atoms with Gasteiger partial charge in [0, 0.05) is 52.6 Å². The van der Waals surface area contributed by atoms with Crippen LogP contribution in [0, 0.1) is 0 Å². The Bertz CT molecular complexity index is 1490. The molecule has 1 aliphatic heterocycles. The Morgan fingerprint density at radius 1 is 1.03 bits per heavy atom. The van der Waals surface area contributed by atoms with Crippen molar-refractivity contribution in [3.8, 4) is 17.3 Å². The molecule has 0 spiro atoms. The highest BCUT2D eigenvalue weighted by atomic mass is 16.5. The van der Waals surface area contributed by atoms with Gasteiger partial charge in [0.1, 0.15) is 0 Å². The second-order valence-corrected chi connectivity index (χ2v) is 9.99. The van der Waals surface area contributed by atoms with E-state index in [-0.39, 0.29) is 0 Å². The highest BCUT2D eigenvalue weighted by Crippen LogP contribution is 2.39. The number of H-pyrrole nitrogens is 2. The number of likely N-dealkylation sites (tertiary alicyclic amines) is 1. The smallest absolute Gasteiger partial charge is 0.316 e. The zero-order valence-corrected chi connectivity index (χ0v) is 21.0. The normalized spacial score (nSPS) is 15.3. The zero-order valence-electron chi connectivity index (χ0n) is 21.0. The van der Waals surface area contributed by atoms with Crippen molar-refractivity contribution < 1.29 is 4.74 Å². The SMILES string of the molecule is COc1ncc(CN2CCC(c3ccc4[nH]c(-c5ccnc6[nH]ncc56)c(C(C)C)c4c3)CC2)cn1. The summed E-state index contributed by atoms with van der Waals surface area (Å²) in [5.41, 5.74) is 8.23. The van der Waals surface area contributed by atoms with Gasteiger partial charge in [-0.1, -0.05) is 19.9 Å². The third-order valence-corrected chi connectivity index (χ3v) is 7.39. The van der Waals surface area contributed by atoms with Crippen LogP contribution in [0.25, 0.3) is 33.2 Å². The van der Waals surface area contributed by atoms with Crippen molar-refractivity contribution in [2.75, 3.05) is 20.2 Å². The molecule has 0 unspecified atom stereocenters. The first-order chi connectivity index (χ1) is 17.6. The summed E-state index contributed by atoms with van der Waals surface area (Å²) >= 11 is 0. The molecule has 0 radical (unpaired) electrons. The lowest BCUT2D eigenvalue weighted by molar-refractivity contribution is 0.204. The van der Waals surface area contributed by atoms with Gasteiger partial charge >= 0.3 is 6.01 Å². The number of aromatic amines is 2. The molecule has 1 aliphatic rings. The number of rotatable bonds is 6. The molecular formula is C28H31N7O. The fourth-order valence-corrected chi connectivity index (χ4v) is 5.58. The number of ether oxygens (including phenoxy) is 1. The van der Waals surface area contributed by atoms with Crippen molar-refractivity contribution in [2.24, 2.45) is 0 Å². The van der Waals surface area contributed by atoms with Crippen LogP contribution in [0.5, 0.6) is 6.01 Å². The van der Waals surface area contributed by atoms with Crippen LogP contribution in [0.4, 0.5) is 0 Å². The Labute approximate surface area is 210 Å². The van der Waals surface area contributed by atoms with Crippen LogP contribution in [0.3, 0.4) is 0 Å². The van der Waals surface area contributed by atoms with Crippen molar-refractivity contribution in [1.82, 2.24) is 35.0 Å². The maximum atomic E-state index is 5.07. The van der Waals surface area contributed by atoms with E-state index >= 15 is 0 Å².